The van der Waals surface area contributed by atoms with Crippen LogP contribution in [0.2, 0.25) is 0 Å². The molecule has 0 N–H and O–H groups in total. The zero-order chi connectivity index (χ0) is 6.97. The Kier molecular flexibility index (Phi) is 1.37. The summed E-state index contributed by atoms with van der Waals surface area (Å²) in [5, 5.41) is 4.02. The Morgan fingerprint density at radius 3 is 3.20 bits per heavy atom. The molecule has 0 atom stereocenters. The molecule has 0 fully saturated rings. The molecule has 2 aromatic heterocycles. The van der Waals surface area contributed by atoms with Gasteiger partial charge in [0, 0.05) is 0 Å². The Hall–Kier alpha value is -0.581. The van der Waals surface area contributed by atoms with E-state index in [9.17, 15) is 0 Å². The second-order valence-electron chi connectivity index (χ2n) is 1.95. The Bertz CT molecular complexity index is 355. The van der Waals surface area contributed by atoms with Crippen LogP contribution in [0.4, 0.5) is 0 Å². The van der Waals surface area contributed by atoms with Gasteiger partial charge in [0.2, 0.25) is 0 Å². The quantitative estimate of drug-likeness (QED) is 0.579. The molecular weight excluding hydrogens is 233 g/mol. The van der Waals surface area contributed by atoms with Crippen molar-refractivity contribution in [1.82, 2.24) is 14.6 Å². The summed E-state index contributed by atoms with van der Waals surface area (Å²) in [6, 6.07) is 3.87. The van der Waals surface area contributed by atoms with Gasteiger partial charge in [-0.05, 0) is 0 Å². The molecule has 0 aliphatic carbocycles. The predicted octanol–water partition coefficient (Wildman–Crippen LogP) is -0.477. The summed E-state index contributed by atoms with van der Waals surface area (Å²) < 4.78 is 2.87. The van der Waals surface area contributed by atoms with Gasteiger partial charge in [-0.15, -0.1) is 0 Å². The van der Waals surface area contributed by atoms with E-state index < -0.39 is 0 Å². The van der Waals surface area contributed by atoms with Gasteiger partial charge >= 0.3 is 71.0 Å². The number of hydrogen-bond acceptors (Lipinski definition) is 2. The Morgan fingerprint density at radius 2 is 2.30 bits per heavy atom. The van der Waals surface area contributed by atoms with Crippen LogP contribution in [0.25, 0.3) is 5.65 Å². The van der Waals surface area contributed by atoms with Crippen molar-refractivity contribution in [1.29, 1.82) is 0 Å². The first-order valence-electron chi connectivity index (χ1n) is 2.88. The molecule has 4 heteroatoms. The fraction of sp³-hybridized carbons (Fsp3) is 0. The first-order chi connectivity index (χ1) is 4.86. The van der Waals surface area contributed by atoms with Gasteiger partial charge in [0.1, 0.15) is 0 Å². The van der Waals surface area contributed by atoms with E-state index in [4.69, 9.17) is 0 Å². The average molecular weight is 237 g/mol. The molecule has 0 bridgehead atoms. The maximum atomic E-state index is 4.28. The van der Waals surface area contributed by atoms with E-state index in [0.717, 1.165) is 9.36 Å². The standard InChI is InChI=1S/C6H4N3.Sn/c1-3-7-6-2-4-8-9(6)5-1;/h1-2,4-5H;. The zero-order valence-electron chi connectivity index (χ0n) is 5.15. The maximum absolute atomic E-state index is 4.28. The van der Waals surface area contributed by atoms with Crippen molar-refractivity contribution in [2.24, 2.45) is 0 Å². The first kappa shape index (κ1) is 6.15. The van der Waals surface area contributed by atoms with E-state index in [1.54, 1.807) is 10.7 Å². The van der Waals surface area contributed by atoms with Crippen molar-refractivity contribution in [3.8, 4) is 0 Å². The summed E-state index contributed by atoms with van der Waals surface area (Å²) in [5.41, 5.74) is 0.925. The molecule has 47 valence electrons. The fourth-order valence-electron chi connectivity index (χ4n) is 0.813. The third-order valence-electron chi connectivity index (χ3n) is 1.26. The van der Waals surface area contributed by atoms with Crippen molar-refractivity contribution >= 4 is 31.9 Å². The molecule has 2 heterocycles. The predicted molar refractivity (Wildman–Crippen MR) is 38.4 cm³/mol. The van der Waals surface area contributed by atoms with Crippen LogP contribution in [0.3, 0.4) is 0 Å². The molecule has 2 rings (SSSR count). The average Bonchev–Trinajstić information content (AvgIpc) is 2.33. The summed E-state index contributed by atoms with van der Waals surface area (Å²) in [6.45, 7) is 0. The number of rotatable bonds is 0. The number of fused-ring (bicyclic) bond motifs is 1. The van der Waals surface area contributed by atoms with E-state index >= 15 is 0 Å². The molecule has 3 radical (unpaired) electrons. The molecule has 0 spiro atoms. The van der Waals surface area contributed by atoms with Crippen LogP contribution < -0.4 is 3.71 Å². The molecule has 0 saturated heterocycles. The molecule has 0 aliphatic heterocycles. The SMILES string of the molecule is [Sn][c]1ccn2nccc2n1. The Balaban J connectivity index is 2.86. The Morgan fingerprint density at radius 1 is 1.40 bits per heavy atom. The van der Waals surface area contributed by atoms with Crippen LogP contribution in [0, 0.1) is 0 Å². The number of nitrogens with zero attached hydrogens (tertiary/aromatic N) is 3. The van der Waals surface area contributed by atoms with Gasteiger partial charge in [0.15, 0.2) is 0 Å². The fourth-order valence-corrected chi connectivity index (χ4v) is 1.35. The van der Waals surface area contributed by atoms with Crippen molar-refractivity contribution in [3.05, 3.63) is 24.5 Å². The molecule has 2 aromatic rings. The third-order valence-corrected chi connectivity index (χ3v) is 2.05. The van der Waals surface area contributed by atoms with Crippen molar-refractivity contribution in [2.45, 2.75) is 0 Å². The molecule has 0 aromatic carbocycles. The summed E-state index contributed by atoms with van der Waals surface area (Å²) in [5.74, 6) is 0. The summed E-state index contributed by atoms with van der Waals surface area (Å²) in [7, 11) is 0. The van der Waals surface area contributed by atoms with E-state index in [1.807, 2.05) is 18.3 Å². The topological polar surface area (TPSA) is 30.2 Å². The summed E-state index contributed by atoms with van der Waals surface area (Å²) in [4.78, 5) is 4.28. The van der Waals surface area contributed by atoms with E-state index in [1.165, 1.54) is 22.5 Å². The minimum atomic E-state index is 0.925. The van der Waals surface area contributed by atoms with Gasteiger partial charge in [-0.1, -0.05) is 0 Å². The van der Waals surface area contributed by atoms with Gasteiger partial charge in [-0.3, -0.25) is 0 Å². The number of aromatic nitrogens is 3. The molecular formula is C6H4N3Sn. The van der Waals surface area contributed by atoms with Crippen LogP contribution in [-0.2, 0) is 0 Å². The van der Waals surface area contributed by atoms with Gasteiger partial charge in [-0.2, -0.15) is 0 Å². The van der Waals surface area contributed by atoms with Gasteiger partial charge in [-0.25, -0.2) is 0 Å². The van der Waals surface area contributed by atoms with E-state index in [2.05, 4.69) is 10.1 Å². The van der Waals surface area contributed by atoms with Crippen molar-refractivity contribution in [2.75, 3.05) is 0 Å². The van der Waals surface area contributed by atoms with Gasteiger partial charge < -0.3 is 0 Å². The first-order valence-corrected chi connectivity index (χ1v) is 4.31. The molecule has 10 heavy (non-hydrogen) atoms. The van der Waals surface area contributed by atoms with Crippen LogP contribution in [0.1, 0.15) is 0 Å². The molecule has 0 aliphatic rings. The van der Waals surface area contributed by atoms with E-state index in [0.29, 0.717) is 0 Å². The van der Waals surface area contributed by atoms with Crippen molar-refractivity contribution < 1.29 is 0 Å². The molecule has 0 saturated carbocycles. The zero-order valence-corrected chi connectivity index (χ0v) is 8.01. The minimum absolute atomic E-state index is 0.925. The second kappa shape index (κ2) is 2.23. The Labute approximate surface area is 71.2 Å². The van der Waals surface area contributed by atoms with Crippen LogP contribution >= 0.6 is 0 Å². The third kappa shape index (κ3) is 0.901. The van der Waals surface area contributed by atoms with Gasteiger partial charge in [0.05, 0.1) is 0 Å². The number of hydrogen-bond donors (Lipinski definition) is 0. The summed E-state index contributed by atoms with van der Waals surface area (Å²) in [6.07, 6.45) is 3.67. The molecule has 3 nitrogen and oxygen atoms in total. The normalized spacial score (nSPS) is 10.5. The van der Waals surface area contributed by atoms with Crippen LogP contribution in [0.5, 0.6) is 0 Å². The van der Waals surface area contributed by atoms with Crippen molar-refractivity contribution in [3.63, 3.8) is 0 Å². The van der Waals surface area contributed by atoms with Gasteiger partial charge in [0.25, 0.3) is 0 Å². The summed E-state index contributed by atoms with van der Waals surface area (Å²) >= 11 is 1.34. The van der Waals surface area contributed by atoms with E-state index in [-0.39, 0.29) is 0 Å². The van der Waals surface area contributed by atoms with Crippen LogP contribution in [0.15, 0.2) is 24.5 Å². The van der Waals surface area contributed by atoms with Crippen LogP contribution in [-0.4, -0.2) is 37.1 Å². The molecule has 0 amide bonds. The second-order valence-corrected chi connectivity index (χ2v) is 3.41. The molecule has 0 unspecified atom stereocenters. The monoisotopic (exact) mass is 238 g/mol.